The molecule has 98 valence electrons. The Morgan fingerprint density at radius 1 is 1.24 bits per heavy atom. The van der Waals surface area contributed by atoms with Gasteiger partial charge >= 0.3 is 11.9 Å². The van der Waals surface area contributed by atoms with Crippen LogP contribution in [0.25, 0.3) is 0 Å². The van der Waals surface area contributed by atoms with Gasteiger partial charge in [-0.3, -0.25) is 0 Å². The van der Waals surface area contributed by atoms with Crippen molar-refractivity contribution in [1.29, 1.82) is 0 Å². The predicted octanol–water partition coefficient (Wildman–Crippen LogP) is -0.265. The molecular formula is C10H16O7. The Morgan fingerprint density at radius 3 is 2.41 bits per heavy atom. The standard InChI is InChI=1S/C10H16O7/c1-6-8(17-5-10(13)14)2-7(3-15-6)16-4-9(11)12/h6-8H,2-5H2,1H3,(H,11,12)(H,13,14)/t6-,7+,8?/m0/s1. The van der Waals surface area contributed by atoms with E-state index in [1.807, 2.05) is 0 Å². The van der Waals surface area contributed by atoms with E-state index in [2.05, 4.69) is 0 Å². The van der Waals surface area contributed by atoms with Crippen molar-refractivity contribution >= 4 is 11.9 Å². The van der Waals surface area contributed by atoms with Gasteiger partial charge in [0.2, 0.25) is 0 Å². The molecule has 17 heavy (non-hydrogen) atoms. The van der Waals surface area contributed by atoms with E-state index in [0.29, 0.717) is 13.0 Å². The molecule has 0 radical (unpaired) electrons. The fraction of sp³-hybridized carbons (Fsp3) is 0.800. The summed E-state index contributed by atoms with van der Waals surface area (Å²) in [5.41, 5.74) is 0. The molecule has 1 fully saturated rings. The van der Waals surface area contributed by atoms with Gasteiger partial charge in [-0.2, -0.15) is 0 Å². The van der Waals surface area contributed by atoms with E-state index in [1.54, 1.807) is 6.92 Å². The second kappa shape index (κ2) is 6.53. The first-order chi connectivity index (χ1) is 7.99. The molecule has 0 spiro atoms. The Labute approximate surface area is 98.3 Å². The third-order valence-corrected chi connectivity index (χ3v) is 2.43. The van der Waals surface area contributed by atoms with E-state index in [0.717, 1.165) is 0 Å². The van der Waals surface area contributed by atoms with Gasteiger partial charge in [-0.25, -0.2) is 9.59 Å². The van der Waals surface area contributed by atoms with Crippen molar-refractivity contribution in [1.82, 2.24) is 0 Å². The van der Waals surface area contributed by atoms with Crippen LogP contribution in [-0.4, -0.2) is 60.3 Å². The van der Waals surface area contributed by atoms with E-state index < -0.39 is 31.3 Å². The zero-order valence-corrected chi connectivity index (χ0v) is 9.50. The summed E-state index contributed by atoms with van der Waals surface area (Å²) in [7, 11) is 0. The number of carboxylic acid groups (broad SMARTS) is 2. The van der Waals surface area contributed by atoms with Gasteiger partial charge in [-0.05, 0) is 6.92 Å². The molecule has 0 bridgehead atoms. The van der Waals surface area contributed by atoms with Crippen LogP contribution < -0.4 is 0 Å². The summed E-state index contributed by atoms with van der Waals surface area (Å²) >= 11 is 0. The number of carbonyl (C=O) groups is 2. The van der Waals surface area contributed by atoms with Gasteiger partial charge in [-0.1, -0.05) is 0 Å². The van der Waals surface area contributed by atoms with Crippen LogP contribution in [-0.2, 0) is 23.8 Å². The largest absolute Gasteiger partial charge is 0.480 e. The monoisotopic (exact) mass is 248 g/mol. The smallest absolute Gasteiger partial charge is 0.329 e. The van der Waals surface area contributed by atoms with Crippen LogP contribution >= 0.6 is 0 Å². The van der Waals surface area contributed by atoms with Crippen molar-refractivity contribution in [2.45, 2.75) is 31.7 Å². The second-order valence-corrected chi connectivity index (χ2v) is 3.84. The summed E-state index contributed by atoms with van der Waals surface area (Å²) in [6, 6.07) is 0. The fourth-order valence-electron chi connectivity index (χ4n) is 1.57. The van der Waals surface area contributed by atoms with Gasteiger partial charge < -0.3 is 24.4 Å². The lowest BCUT2D eigenvalue weighted by Crippen LogP contribution is -2.43. The highest BCUT2D eigenvalue weighted by Crippen LogP contribution is 2.19. The summed E-state index contributed by atoms with van der Waals surface area (Å²) in [5.74, 6) is -2.10. The van der Waals surface area contributed by atoms with Crippen molar-refractivity contribution in [3.63, 3.8) is 0 Å². The van der Waals surface area contributed by atoms with Crippen LogP contribution in [0.2, 0.25) is 0 Å². The minimum atomic E-state index is -1.05. The van der Waals surface area contributed by atoms with Crippen LogP contribution in [0.4, 0.5) is 0 Å². The molecular weight excluding hydrogens is 232 g/mol. The Morgan fingerprint density at radius 2 is 1.82 bits per heavy atom. The molecule has 1 saturated heterocycles. The van der Waals surface area contributed by atoms with E-state index in [-0.39, 0.29) is 12.2 Å². The van der Waals surface area contributed by atoms with Crippen LogP contribution in [0, 0.1) is 0 Å². The van der Waals surface area contributed by atoms with Gasteiger partial charge in [0.15, 0.2) is 0 Å². The quantitative estimate of drug-likeness (QED) is 0.667. The Kier molecular flexibility index (Phi) is 5.33. The van der Waals surface area contributed by atoms with E-state index >= 15 is 0 Å². The van der Waals surface area contributed by atoms with Gasteiger partial charge in [-0.15, -0.1) is 0 Å². The molecule has 0 aromatic rings. The maximum absolute atomic E-state index is 10.4. The lowest BCUT2D eigenvalue weighted by Gasteiger charge is -2.33. The molecule has 0 amide bonds. The first-order valence-electron chi connectivity index (χ1n) is 5.27. The van der Waals surface area contributed by atoms with Crippen molar-refractivity contribution in [3.05, 3.63) is 0 Å². The number of ether oxygens (including phenoxy) is 3. The summed E-state index contributed by atoms with van der Waals surface area (Å²) in [4.78, 5) is 20.7. The lowest BCUT2D eigenvalue weighted by molar-refractivity contribution is -0.172. The zero-order valence-electron chi connectivity index (χ0n) is 9.50. The molecule has 0 aromatic carbocycles. The minimum Gasteiger partial charge on any atom is -0.480 e. The van der Waals surface area contributed by atoms with Gasteiger partial charge in [0.1, 0.15) is 13.2 Å². The van der Waals surface area contributed by atoms with Crippen LogP contribution in [0.1, 0.15) is 13.3 Å². The number of hydrogen-bond acceptors (Lipinski definition) is 5. The first kappa shape index (κ1) is 13.9. The molecule has 0 saturated carbocycles. The van der Waals surface area contributed by atoms with Crippen molar-refractivity contribution in [2.24, 2.45) is 0 Å². The molecule has 1 rings (SSSR count). The SMILES string of the molecule is C[C@@H]1OC[C@H](OCC(=O)O)CC1OCC(=O)O. The molecule has 3 atom stereocenters. The van der Waals surface area contributed by atoms with Crippen molar-refractivity contribution < 1.29 is 34.0 Å². The van der Waals surface area contributed by atoms with E-state index in [9.17, 15) is 9.59 Å². The third-order valence-electron chi connectivity index (χ3n) is 2.43. The molecule has 0 aliphatic carbocycles. The highest BCUT2D eigenvalue weighted by molar-refractivity contribution is 5.68. The Bertz CT molecular complexity index is 278. The minimum absolute atomic E-state index is 0.223. The van der Waals surface area contributed by atoms with Crippen LogP contribution in [0.15, 0.2) is 0 Å². The molecule has 2 N–H and O–H groups in total. The molecule has 1 unspecified atom stereocenters. The summed E-state index contributed by atoms with van der Waals surface area (Å²) in [6.07, 6.45) is -0.555. The zero-order chi connectivity index (χ0) is 12.8. The summed E-state index contributed by atoms with van der Waals surface area (Å²) < 4.78 is 15.6. The highest BCUT2D eigenvalue weighted by atomic mass is 16.6. The molecule has 7 heteroatoms. The molecule has 7 nitrogen and oxygen atoms in total. The van der Waals surface area contributed by atoms with Gasteiger partial charge in [0.25, 0.3) is 0 Å². The van der Waals surface area contributed by atoms with Crippen molar-refractivity contribution in [3.8, 4) is 0 Å². The molecule has 0 aromatic heterocycles. The number of rotatable bonds is 6. The average molecular weight is 248 g/mol. The maximum atomic E-state index is 10.4. The fourth-order valence-corrected chi connectivity index (χ4v) is 1.57. The number of hydrogen-bond donors (Lipinski definition) is 2. The number of aliphatic carboxylic acids is 2. The Hall–Kier alpha value is -1.18. The maximum Gasteiger partial charge on any atom is 0.329 e. The van der Waals surface area contributed by atoms with Gasteiger partial charge in [0.05, 0.1) is 24.9 Å². The van der Waals surface area contributed by atoms with E-state index in [1.165, 1.54) is 0 Å². The lowest BCUT2D eigenvalue weighted by atomic mass is 10.0. The predicted molar refractivity (Wildman–Crippen MR) is 54.8 cm³/mol. The summed E-state index contributed by atoms with van der Waals surface area (Å²) in [6.45, 7) is 1.28. The van der Waals surface area contributed by atoms with Gasteiger partial charge in [0, 0.05) is 6.42 Å². The number of carboxylic acids is 2. The molecule has 1 heterocycles. The first-order valence-corrected chi connectivity index (χ1v) is 5.27. The highest BCUT2D eigenvalue weighted by Gasteiger charge is 2.30. The normalized spacial score (nSPS) is 28.9. The Balaban J connectivity index is 2.36. The topological polar surface area (TPSA) is 102 Å². The second-order valence-electron chi connectivity index (χ2n) is 3.84. The molecule has 1 aliphatic heterocycles. The van der Waals surface area contributed by atoms with Crippen LogP contribution in [0.3, 0.4) is 0 Å². The average Bonchev–Trinajstić information content (AvgIpc) is 2.26. The van der Waals surface area contributed by atoms with Crippen LogP contribution in [0.5, 0.6) is 0 Å². The van der Waals surface area contributed by atoms with Crippen molar-refractivity contribution in [2.75, 3.05) is 19.8 Å². The molecule has 1 aliphatic rings. The van der Waals surface area contributed by atoms with E-state index in [4.69, 9.17) is 24.4 Å². The summed E-state index contributed by atoms with van der Waals surface area (Å²) in [5, 5.41) is 17.0. The third kappa shape index (κ3) is 5.12.